The van der Waals surface area contributed by atoms with Crippen LogP contribution in [0.2, 0.25) is 0 Å². The van der Waals surface area contributed by atoms with Crippen LogP contribution in [0.3, 0.4) is 0 Å². The Hall–Kier alpha value is 0.140. The molecule has 16 heavy (non-hydrogen) atoms. The zero-order valence-corrected chi connectivity index (χ0v) is 12.5. The predicted molar refractivity (Wildman–Crippen MR) is 74.9 cm³/mol. The van der Waals surface area contributed by atoms with Gasteiger partial charge in [-0.05, 0) is 46.3 Å². The van der Waals surface area contributed by atoms with Crippen LogP contribution in [0, 0.1) is 5.41 Å². The largest absolute Gasteiger partial charge is 0.309 e. The van der Waals surface area contributed by atoms with Gasteiger partial charge in [-0.1, -0.05) is 26.7 Å². The van der Waals surface area contributed by atoms with E-state index in [0.29, 0.717) is 11.5 Å². The van der Waals surface area contributed by atoms with Gasteiger partial charge in [0.1, 0.15) is 0 Å². The Labute approximate surface area is 111 Å². The molecule has 1 unspecified atom stereocenters. The fraction of sp³-hybridized carbons (Fsp3) is 0.692. The third-order valence-electron chi connectivity index (χ3n) is 3.66. The van der Waals surface area contributed by atoms with E-state index in [9.17, 15) is 0 Å². The molecule has 0 bridgehead atoms. The Bertz CT molecular complexity index is 345. The van der Waals surface area contributed by atoms with Crippen LogP contribution >= 0.6 is 27.3 Å². The van der Waals surface area contributed by atoms with Crippen LogP contribution in [0.25, 0.3) is 0 Å². The molecule has 3 heteroatoms. The van der Waals surface area contributed by atoms with Gasteiger partial charge in [0.15, 0.2) is 0 Å². The normalized spacial score (nSPS) is 24.6. The van der Waals surface area contributed by atoms with Crippen LogP contribution in [0.15, 0.2) is 15.9 Å². The molecule has 1 heterocycles. The van der Waals surface area contributed by atoms with Crippen molar-refractivity contribution in [1.29, 1.82) is 0 Å². The molecule has 2 rings (SSSR count). The van der Waals surface area contributed by atoms with Crippen molar-refractivity contribution in [2.24, 2.45) is 5.41 Å². The number of nitrogens with one attached hydrogen (secondary N) is 1. The first-order valence-corrected chi connectivity index (χ1v) is 7.66. The fourth-order valence-electron chi connectivity index (χ4n) is 2.54. The van der Waals surface area contributed by atoms with Gasteiger partial charge in [0.2, 0.25) is 0 Å². The molecule has 0 spiro atoms. The molecule has 0 saturated heterocycles. The second kappa shape index (κ2) is 5.19. The van der Waals surface area contributed by atoms with Crippen molar-refractivity contribution in [2.75, 3.05) is 0 Å². The number of hydrogen-bond donors (Lipinski definition) is 1. The summed E-state index contributed by atoms with van der Waals surface area (Å²) in [6, 6.07) is 5.02. The zero-order chi connectivity index (χ0) is 11.6. The average molecular weight is 302 g/mol. The highest BCUT2D eigenvalue weighted by atomic mass is 79.9. The summed E-state index contributed by atoms with van der Waals surface area (Å²) in [5, 5.41) is 3.73. The van der Waals surface area contributed by atoms with Crippen LogP contribution < -0.4 is 5.32 Å². The molecule has 0 radical (unpaired) electrons. The van der Waals surface area contributed by atoms with Gasteiger partial charge in [0, 0.05) is 17.5 Å². The Balaban J connectivity index is 1.89. The predicted octanol–water partition coefficient (Wildman–Crippen LogP) is 4.57. The summed E-state index contributed by atoms with van der Waals surface area (Å²) in [6.45, 7) is 5.81. The number of halogens is 1. The second-order valence-electron chi connectivity index (χ2n) is 5.37. The van der Waals surface area contributed by atoms with Crippen molar-refractivity contribution in [1.82, 2.24) is 5.32 Å². The molecule has 1 aliphatic carbocycles. The van der Waals surface area contributed by atoms with Gasteiger partial charge in [-0.3, -0.25) is 0 Å². The molecule has 1 fully saturated rings. The molecule has 1 atom stereocenters. The van der Waals surface area contributed by atoms with E-state index in [1.807, 2.05) is 11.3 Å². The zero-order valence-electron chi connectivity index (χ0n) is 10.1. The Morgan fingerprint density at radius 1 is 1.44 bits per heavy atom. The highest BCUT2D eigenvalue weighted by Crippen LogP contribution is 2.35. The Morgan fingerprint density at radius 2 is 2.25 bits per heavy atom. The molecular formula is C13H20BrNS. The molecule has 0 aromatic carbocycles. The van der Waals surface area contributed by atoms with Crippen molar-refractivity contribution in [3.8, 4) is 0 Å². The molecule has 0 amide bonds. The topological polar surface area (TPSA) is 12.0 Å². The molecule has 1 aromatic rings. The summed E-state index contributed by atoms with van der Waals surface area (Å²) in [5.74, 6) is 0. The summed E-state index contributed by atoms with van der Waals surface area (Å²) < 4.78 is 1.23. The quantitative estimate of drug-likeness (QED) is 0.862. The van der Waals surface area contributed by atoms with Crippen molar-refractivity contribution in [3.05, 3.63) is 20.8 Å². The summed E-state index contributed by atoms with van der Waals surface area (Å²) in [5.41, 5.74) is 0.465. The molecular weight excluding hydrogens is 282 g/mol. The van der Waals surface area contributed by atoms with Gasteiger partial charge in [-0.15, -0.1) is 11.3 Å². The van der Waals surface area contributed by atoms with Gasteiger partial charge in [0.05, 0.1) is 3.79 Å². The number of rotatable bonds is 3. The van der Waals surface area contributed by atoms with Gasteiger partial charge < -0.3 is 5.32 Å². The standard InChI is InChI=1S/C13H20BrNS/c1-13(2)8-4-3-5-11(13)15-9-10-6-7-12(14)16-10/h6-7,11,15H,3-5,8-9H2,1-2H3. The van der Waals surface area contributed by atoms with E-state index in [4.69, 9.17) is 0 Å². The van der Waals surface area contributed by atoms with Crippen LogP contribution in [-0.4, -0.2) is 6.04 Å². The van der Waals surface area contributed by atoms with Crippen molar-refractivity contribution < 1.29 is 0 Å². The molecule has 1 nitrogen and oxygen atoms in total. The van der Waals surface area contributed by atoms with Gasteiger partial charge in [0.25, 0.3) is 0 Å². The van der Waals surface area contributed by atoms with E-state index >= 15 is 0 Å². The second-order valence-corrected chi connectivity index (χ2v) is 7.92. The fourth-order valence-corrected chi connectivity index (χ4v) is 3.98. The Morgan fingerprint density at radius 3 is 2.88 bits per heavy atom. The molecule has 1 N–H and O–H groups in total. The lowest BCUT2D eigenvalue weighted by atomic mass is 9.73. The molecule has 1 saturated carbocycles. The first kappa shape index (κ1) is 12.6. The van der Waals surface area contributed by atoms with E-state index < -0.39 is 0 Å². The van der Waals surface area contributed by atoms with E-state index in [0.717, 1.165) is 6.54 Å². The monoisotopic (exact) mass is 301 g/mol. The van der Waals surface area contributed by atoms with E-state index in [1.165, 1.54) is 34.3 Å². The van der Waals surface area contributed by atoms with Crippen molar-refractivity contribution >= 4 is 27.3 Å². The molecule has 1 aliphatic rings. The van der Waals surface area contributed by atoms with Crippen LogP contribution in [0.4, 0.5) is 0 Å². The van der Waals surface area contributed by atoms with E-state index in [2.05, 4.69) is 47.2 Å². The summed E-state index contributed by atoms with van der Waals surface area (Å²) >= 11 is 5.34. The van der Waals surface area contributed by atoms with Crippen molar-refractivity contribution in [3.63, 3.8) is 0 Å². The summed E-state index contributed by atoms with van der Waals surface area (Å²) in [6.07, 6.45) is 5.48. The van der Waals surface area contributed by atoms with E-state index in [1.54, 1.807) is 0 Å². The lowest BCUT2D eigenvalue weighted by molar-refractivity contribution is 0.167. The minimum Gasteiger partial charge on any atom is -0.309 e. The first-order valence-electron chi connectivity index (χ1n) is 6.05. The number of hydrogen-bond acceptors (Lipinski definition) is 2. The van der Waals surface area contributed by atoms with Gasteiger partial charge in [-0.2, -0.15) is 0 Å². The van der Waals surface area contributed by atoms with Crippen LogP contribution in [0.1, 0.15) is 44.4 Å². The highest BCUT2D eigenvalue weighted by Gasteiger charge is 2.31. The summed E-state index contributed by atoms with van der Waals surface area (Å²) in [4.78, 5) is 1.42. The summed E-state index contributed by atoms with van der Waals surface area (Å²) in [7, 11) is 0. The Kier molecular flexibility index (Phi) is 4.09. The van der Waals surface area contributed by atoms with Gasteiger partial charge in [-0.25, -0.2) is 0 Å². The number of thiophene rings is 1. The highest BCUT2D eigenvalue weighted by molar-refractivity contribution is 9.11. The SMILES string of the molecule is CC1(C)CCCCC1NCc1ccc(Br)s1. The third-order valence-corrected chi connectivity index (χ3v) is 5.28. The lowest BCUT2D eigenvalue weighted by Crippen LogP contribution is -2.43. The minimum atomic E-state index is 0.465. The molecule has 90 valence electrons. The van der Waals surface area contributed by atoms with Crippen LogP contribution in [0.5, 0.6) is 0 Å². The molecule has 0 aliphatic heterocycles. The maximum absolute atomic E-state index is 3.73. The maximum atomic E-state index is 3.73. The maximum Gasteiger partial charge on any atom is 0.0701 e. The van der Waals surface area contributed by atoms with Gasteiger partial charge >= 0.3 is 0 Å². The van der Waals surface area contributed by atoms with E-state index in [-0.39, 0.29) is 0 Å². The first-order chi connectivity index (χ1) is 7.58. The average Bonchev–Trinajstić information content (AvgIpc) is 2.62. The third kappa shape index (κ3) is 3.08. The van der Waals surface area contributed by atoms with Crippen molar-refractivity contribution in [2.45, 2.75) is 52.1 Å². The molecule has 1 aromatic heterocycles. The lowest BCUT2D eigenvalue weighted by Gasteiger charge is -2.39. The van der Waals surface area contributed by atoms with Crippen LogP contribution in [-0.2, 0) is 6.54 Å². The smallest absolute Gasteiger partial charge is 0.0701 e. The minimum absolute atomic E-state index is 0.465.